The molecule has 2 nitrogen and oxygen atoms in total. The lowest BCUT2D eigenvalue weighted by atomic mass is 10.00. The molecule has 0 aliphatic carbocycles. The number of hydrogen-bond donors (Lipinski definition) is 0. The van der Waals surface area contributed by atoms with Crippen molar-refractivity contribution in [3.8, 4) is 5.75 Å². The van der Waals surface area contributed by atoms with E-state index in [0.717, 1.165) is 31.9 Å². The lowest BCUT2D eigenvalue weighted by molar-refractivity contribution is 0.335. The highest BCUT2D eigenvalue weighted by atomic mass is 35.5. The molecule has 0 spiro atoms. The number of benzene rings is 2. The zero-order valence-corrected chi connectivity index (χ0v) is 13.2. The van der Waals surface area contributed by atoms with Crippen LogP contribution in [0.3, 0.4) is 0 Å². The van der Waals surface area contributed by atoms with Crippen LogP contribution in [0, 0.1) is 0 Å². The van der Waals surface area contributed by atoms with Crippen molar-refractivity contribution < 1.29 is 4.74 Å². The van der Waals surface area contributed by atoms with Crippen molar-refractivity contribution in [3.63, 3.8) is 0 Å². The summed E-state index contributed by atoms with van der Waals surface area (Å²) in [6, 6.07) is 17.1. The van der Waals surface area contributed by atoms with Gasteiger partial charge in [-0.15, -0.1) is 12.4 Å². The molecule has 1 aliphatic heterocycles. The Morgan fingerprint density at radius 3 is 2.62 bits per heavy atom. The van der Waals surface area contributed by atoms with E-state index in [1.165, 1.54) is 23.2 Å². The van der Waals surface area contributed by atoms with Crippen molar-refractivity contribution in [3.05, 3.63) is 59.7 Å². The third-order valence-electron chi connectivity index (χ3n) is 3.82. The van der Waals surface area contributed by atoms with Gasteiger partial charge < -0.3 is 9.64 Å². The van der Waals surface area contributed by atoms with Crippen LogP contribution in [0.15, 0.2) is 48.5 Å². The van der Waals surface area contributed by atoms with Gasteiger partial charge in [0.2, 0.25) is 0 Å². The highest BCUT2D eigenvalue weighted by Crippen LogP contribution is 2.34. The third kappa shape index (κ3) is 3.51. The lowest BCUT2D eigenvalue weighted by Crippen LogP contribution is -2.29. The van der Waals surface area contributed by atoms with Crippen molar-refractivity contribution in [1.82, 2.24) is 0 Å². The van der Waals surface area contributed by atoms with E-state index in [-0.39, 0.29) is 12.4 Å². The van der Waals surface area contributed by atoms with Gasteiger partial charge in [-0.05, 0) is 37.5 Å². The van der Waals surface area contributed by atoms with Crippen molar-refractivity contribution in [2.45, 2.75) is 26.3 Å². The van der Waals surface area contributed by atoms with Gasteiger partial charge in [0.25, 0.3) is 0 Å². The molecule has 2 aromatic carbocycles. The van der Waals surface area contributed by atoms with E-state index in [1.807, 2.05) is 6.92 Å². The maximum Gasteiger partial charge on any atom is 0.124 e. The van der Waals surface area contributed by atoms with Crippen molar-refractivity contribution in [1.29, 1.82) is 0 Å². The fourth-order valence-electron chi connectivity index (χ4n) is 2.93. The molecule has 0 saturated heterocycles. The maximum absolute atomic E-state index is 5.78. The average Bonchev–Trinajstić information content (AvgIpc) is 2.50. The van der Waals surface area contributed by atoms with Crippen LogP contribution >= 0.6 is 12.4 Å². The Morgan fingerprint density at radius 2 is 1.86 bits per heavy atom. The van der Waals surface area contributed by atoms with E-state index < -0.39 is 0 Å². The first-order chi connectivity index (χ1) is 9.88. The summed E-state index contributed by atoms with van der Waals surface area (Å²) in [6.07, 6.45) is 2.32. The van der Waals surface area contributed by atoms with Crippen LogP contribution in [0.5, 0.6) is 5.75 Å². The minimum atomic E-state index is 0. The summed E-state index contributed by atoms with van der Waals surface area (Å²) in [4.78, 5) is 2.47. The van der Waals surface area contributed by atoms with Crippen molar-refractivity contribution >= 4 is 18.1 Å². The monoisotopic (exact) mass is 303 g/mol. The van der Waals surface area contributed by atoms with Gasteiger partial charge in [-0.1, -0.05) is 36.4 Å². The minimum Gasteiger partial charge on any atom is -0.494 e. The molecule has 3 heteroatoms. The Labute approximate surface area is 133 Å². The molecule has 0 unspecified atom stereocenters. The van der Waals surface area contributed by atoms with Gasteiger partial charge in [0.15, 0.2) is 0 Å². The van der Waals surface area contributed by atoms with Gasteiger partial charge in [0.1, 0.15) is 5.75 Å². The molecule has 2 aromatic rings. The first kappa shape index (κ1) is 15.7. The minimum absolute atomic E-state index is 0. The van der Waals surface area contributed by atoms with Gasteiger partial charge >= 0.3 is 0 Å². The topological polar surface area (TPSA) is 12.5 Å². The standard InChI is InChI=1S/C18H21NO.ClH/c1-2-20-18-12-6-11-17-16(18)10-7-13-19(17)14-15-8-4-3-5-9-15;/h3-6,8-9,11-12H,2,7,10,13-14H2,1H3;1H. The number of halogens is 1. The second kappa shape index (κ2) is 7.37. The maximum atomic E-state index is 5.78. The number of anilines is 1. The second-order valence-corrected chi connectivity index (χ2v) is 5.20. The molecule has 112 valence electrons. The smallest absolute Gasteiger partial charge is 0.124 e. The van der Waals surface area contributed by atoms with Crippen LogP contribution in [-0.4, -0.2) is 13.2 Å². The molecule has 0 radical (unpaired) electrons. The summed E-state index contributed by atoms with van der Waals surface area (Å²) in [5.41, 5.74) is 4.07. The van der Waals surface area contributed by atoms with Gasteiger partial charge in [0, 0.05) is 24.3 Å². The van der Waals surface area contributed by atoms with E-state index >= 15 is 0 Å². The molecule has 0 N–H and O–H groups in total. The number of fused-ring (bicyclic) bond motifs is 1. The van der Waals surface area contributed by atoms with Gasteiger partial charge in [-0.25, -0.2) is 0 Å². The Balaban J connectivity index is 0.00000161. The third-order valence-corrected chi connectivity index (χ3v) is 3.82. The van der Waals surface area contributed by atoms with E-state index in [2.05, 4.69) is 53.4 Å². The molecule has 21 heavy (non-hydrogen) atoms. The summed E-state index contributed by atoms with van der Waals surface area (Å²) < 4.78 is 5.78. The highest BCUT2D eigenvalue weighted by Gasteiger charge is 2.19. The Kier molecular flexibility index (Phi) is 5.51. The molecule has 0 fully saturated rings. The number of ether oxygens (including phenoxy) is 1. The molecule has 0 saturated carbocycles. The predicted octanol–water partition coefficient (Wildman–Crippen LogP) is 4.46. The first-order valence-corrected chi connectivity index (χ1v) is 7.42. The summed E-state index contributed by atoms with van der Waals surface area (Å²) >= 11 is 0. The van der Waals surface area contributed by atoms with Crippen LogP contribution < -0.4 is 9.64 Å². The van der Waals surface area contributed by atoms with Crippen LogP contribution in [0.1, 0.15) is 24.5 Å². The first-order valence-electron chi connectivity index (χ1n) is 7.42. The normalized spacial score (nSPS) is 13.3. The van der Waals surface area contributed by atoms with Gasteiger partial charge in [-0.2, -0.15) is 0 Å². The molecule has 1 aliphatic rings. The van der Waals surface area contributed by atoms with Gasteiger partial charge in [-0.3, -0.25) is 0 Å². The predicted molar refractivity (Wildman–Crippen MR) is 90.7 cm³/mol. The van der Waals surface area contributed by atoms with E-state index in [4.69, 9.17) is 4.74 Å². The average molecular weight is 304 g/mol. The largest absolute Gasteiger partial charge is 0.494 e. The molecular formula is C18H22ClNO. The zero-order chi connectivity index (χ0) is 13.8. The molecule has 3 rings (SSSR count). The highest BCUT2D eigenvalue weighted by molar-refractivity contribution is 5.85. The molecule has 1 heterocycles. The Morgan fingerprint density at radius 1 is 1.05 bits per heavy atom. The van der Waals surface area contributed by atoms with Crippen molar-refractivity contribution in [2.75, 3.05) is 18.1 Å². The van der Waals surface area contributed by atoms with E-state index in [9.17, 15) is 0 Å². The van der Waals surface area contributed by atoms with E-state index in [0.29, 0.717) is 0 Å². The van der Waals surface area contributed by atoms with E-state index in [1.54, 1.807) is 0 Å². The van der Waals surface area contributed by atoms with Crippen LogP contribution in [-0.2, 0) is 13.0 Å². The summed E-state index contributed by atoms with van der Waals surface area (Å²) in [5, 5.41) is 0. The second-order valence-electron chi connectivity index (χ2n) is 5.20. The Hall–Kier alpha value is -1.67. The summed E-state index contributed by atoms with van der Waals surface area (Å²) in [6.45, 7) is 4.87. The SMILES string of the molecule is CCOc1cccc2c1CCCN2Cc1ccccc1.Cl. The van der Waals surface area contributed by atoms with Crippen molar-refractivity contribution in [2.24, 2.45) is 0 Å². The zero-order valence-electron chi connectivity index (χ0n) is 12.4. The molecular weight excluding hydrogens is 282 g/mol. The number of rotatable bonds is 4. The molecule has 0 atom stereocenters. The number of hydrogen-bond acceptors (Lipinski definition) is 2. The lowest BCUT2D eigenvalue weighted by Gasteiger charge is -2.32. The number of nitrogens with zero attached hydrogens (tertiary/aromatic N) is 1. The van der Waals surface area contributed by atoms with Gasteiger partial charge in [0.05, 0.1) is 6.61 Å². The van der Waals surface area contributed by atoms with Crippen LogP contribution in [0.4, 0.5) is 5.69 Å². The molecule has 0 aromatic heterocycles. The van der Waals surface area contributed by atoms with Crippen LogP contribution in [0.2, 0.25) is 0 Å². The fraction of sp³-hybridized carbons (Fsp3) is 0.333. The summed E-state index contributed by atoms with van der Waals surface area (Å²) in [5.74, 6) is 1.06. The fourth-order valence-corrected chi connectivity index (χ4v) is 2.93. The quantitative estimate of drug-likeness (QED) is 0.827. The van der Waals surface area contributed by atoms with Crippen LogP contribution in [0.25, 0.3) is 0 Å². The molecule has 0 amide bonds. The molecule has 0 bridgehead atoms. The summed E-state index contributed by atoms with van der Waals surface area (Å²) in [7, 11) is 0. The Bertz CT molecular complexity index is 571.